The van der Waals surface area contributed by atoms with Crippen molar-refractivity contribution < 1.29 is 13.6 Å². The van der Waals surface area contributed by atoms with E-state index in [4.69, 9.17) is 0 Å². The molecule has 1 heterocycles. The van der Waals surface area contributed by atoms with Crippen molar-refractivity contribution in [3.05, 3.63) is 0 Å². The van der Waals surface area contributed by atoms with Crippen LogP contribution in [0, 0.1) is 0 Å². The Balaban J connectivity index is 2.67. The highest BCUT2D eigenvalue weighted by atomic mass is 19.3. The van der Waals surface area contributed by atoms with Gasteiger partial charge >= 0.3 is 0 Å². The summed E-state index contributed by atoms with van der Waals surface area (Å²) >= 11 is 0. The normalized spacial score (nSPS) is 25.1. The van der Waals surface area contributed by atoms with Crippen LogP contribution in [0.5, 0.6) is 0 Å². The van der Waals surface area contributed by atoms with Gasteiger partial charge in [-0.2, -0.15) is 0 Å². The van der Waals surface area contributed by atoms with Crippen LogP contribution >= 0.6 is 0 Å². The summed E-state index contributed by atoms with van der Waals surface area (Å²) in [5, 5.41) is 3.19. The molecule has 1 amide bonds. The predicted octanol–water partition coefficient (Wildman–Crippen LogP) is 1.63. The molecule has 0 bridgehead atoms. The Kier molecular flexibility index (Phi) is 4.65. The topological polar surface area (TPSA) is 32.3 Å². The maximum absolute atomic E-state index is 12.2. The molecule has 0 aromatic rings. The van der Waals surface area contributed by atoms with Crippen LogP contribution in [0.2, 0.25) is 0 Å². The van der Waals surface area contributed by atoms with Crippen LogP contribution in [0.3, 0.4) is 0 Å². The summed E-state index contributed by atoms with van der Waals surface area (Å²) in [6.07, 6.45) is 0.830. The Hall–Kier alpha value is -0.710. The average molecular weight is 234 g/mol. The van der Waals surface area contributed by atoms with Crippen LogP contribution in [0.15, 0.2) is 0 Å². The maximum Gasteiger partial charge on any atom is 0.255 e. The third kappa shape index (κ3) is 2.90. The van der Waals surface area contributed by atoms with Gasteiger partial charge in [-0.3, -0.25) is 4.79 Å². The fraction of sp³-hybridized carbons (Fsp3) is 0.909. The van der Waals surface area contributed by atoms with Crippen LogP contribution in [0.4, 0.5) is 8.78 Å². The van der Waals surface area contributed by atoms with E-state index < -0.39 is 18.5 Å². The molecule has 1 aliphatic rings. The van der Waals surface area contributed by atoms with Gasteiger partial charge in [0.1, 0.15) is 0 Å². The standard InChI is InChI=1S/C11H20F2N2O/c1-3-5-11(6-4-7-14-11)10(16)15(2)8-9(12)13/h9,14H,3-8H2,1-2H3. The molecule has 1 aliphatic heterocycles. The summed E-state index contributed by atoms with van der Waals surface area (Å²) in [6.45, 7) is 2.32. The minimum atomic E-state index is -2.46. The largest absolute Gasteiger partial charge is 0.338 e. The van der Waals surface area contributed by atoms with Crippen LogP contribution < -0.4 is 5.32 Å². The molecule has 5 heteroatoms. The van der Waals surface area contributed by atoms with Crippen molar-refractivity contribution in [1.82, 2.24) is 10.2 Å². The lowest BCUT2D eigenvalue weighted by molar-refractivity contribution is -0.138. The highest BCUT2D eigenvalue weighted by Crippen LogP contribution is 2.26. The first kappa shape index (κ1) is 13.4. The van der Waals surface area contributed by atoms with Gasteiger partial charge in [-0.25, -0.2) is 8.78 Å². The minimum absolute atomic E-state index is 0.188. The minimum Gasteiger partial charge on any atom is -0.338 e. The Bertz CT molecular complexity index is 240. The van der Waals surface area contributed by atoms with Crippen molar-refractivity contribution >= 4 is 5.91 Å². The number of hydrogen-bond acceptors (Lipinski definition) is 2. The number of carbonyl (C=O) groups excluding carboxylic acids is 1. The van der Waals surface area contributed by atoms with Gasteiger partial charge in [0.2, 0.25) is 5.91 Å². The summed E-state index contributed by atoms with van der Waals surface area (Å²) in [4.78, 5) is 13.3. The van der Waals surface area contributed by atoms with Crippen molar-refractivity contribution in [1.29, 1.82) is 0 Å². The molecule has 16 heavy (non-hydrogen) atoms. The van der Waals surface area contributed by atoms with Gasteiger partial charge < -0.3 is 10.2 Å². The lowest BCUT2D eigenvalue weighted by atomic mass is 9.90. The molecule has 0 radical (unpaired) electrons. The summed E-state index contributed by atoms with van der Waals surface area (Å²) in [7, 11) is 1.45. The van der Waals surface area contributed by atoms with Gasteiger partial charge in [-0.05, 0) is 25.8 Å². The monoisotopic (exact) mass is 234 g/mol. The van der Waals surface area contributed by atoms with Gasteiger partial charge in [0, 0.05) is 7.05 Å². The van der Waals surface area contributed by atoms with E-state index in [0.717, 1.165) is 37.1 Å². The van der Waals surface area contributed by atoms with Crippen molar-refractivity contribution in [2.45, 2.75) is 44.6 Å². The van der Waals surface area contributed by atoms with Crippen molar-refractivity contribution in [3.63, 3.8) is 0 Å². The third-order valence-electron chi connectivity index (χ3n) is 3.09. The first-order chi connectivity index (χ1) is 7.52. The summed E-state index contributed by atoms with van der Waals surface area (Å²) in [5.74, 6) is -0.188. The Morgan fingerprint density at radius 2 is 2.25 bits per heavy atom. The molecule has 0 aromatic carbocycles. The molecular weight excluding hydrogens is 214 g/mol. The molecule has 0 aromatic heterocycles. The van der Waals surface area contributed by atoms with E-state index in [1.165, 1.54) is 7.05 Å². The fourth-order valence-corrected chi connectivity index (χ4v) is 2.39. The number of halogens is 2. The molecule has 1 rings (SSSR count). The average Bonchev–Trinajstić information content (AvgIpc) is 2.66. The highest BCUT2D eigenvalue weighted by molar-refractivity contribution is 5.86. The van der Waals surface area contributed by atoms with E-state index in [2.05, 4.69) is 5.32 Å². The van der Waals surface area contributed by atoms with Crippen LogP contribution in [0.25, 0.3) is 0 Å². The molecule has 1 atom stereocenters. The van der Waals surface area contributed by atoms with Gasteiger partial charge in [-0.15, -0.1) is 0 Å². The van der Waals surface area contributed by atoms with E-state index in [-0.39, 0.29) is 5.91 Å². The zero-order chi connectivity index (χ0) is 12.2. The molecule has 0 aliphatic carbocycles. The van der Waals surface area contributed by atoms with Crippen LogP contribution in [-0.4, -0.2) is 42.9 Å². The molecule has 0 spiro atoms. The van der Waals surface area contributed by atoms with E-state index in [1.807, 2.05) is 6.92 Å². The first-order valence-electron chi connectivity index (χ1n) is 5.80. The molecule has 3 nitrogen and oxygen atoms in total. The second-order valence-electron chi connectivity index (χ2n) is 4.44. The van der Waals surface area contributed by atoms with Gasteiger partial charge in [0.05, 0.1) is 12.1 Å². The number of hydrogen-bond donors (Lipinski definition) is 1. The zero-order valence-electron chi connectivity index (χ0n) is 9.93. The fourth-order valence-electron chi connectivity index (χ4n) is 2.39. The maximum atomic E-state index is 12.2. The number of carbonyl (C=O) groups is 1. The van der Waals surface area contributed by atoms with Crippen molar-refractivity contribution in [3.8, 4) is 0 Å². The lowest BCUT2D eigenvalue weighted by Crippen LogP contribution is -2.54. The highest BCUT2D eigenvalue weighted by Gasteiger charge is 2.41. The van der Waals surface area contributed by atoms with E-state index in [1.54, 1.807) is 0 Å². The zero-order valence-corrected chi connectivity index (χ0v) is 9.93. The van der Waals surface area contributed by atoms with Gasteiger partial charge in [-0.1, -0.05) is 13.3 Å². The molecule has 94 valence electrons. The second kappa shape index (κ2) is 5.57. The molecule has 1 saturated heterocycles. The molecule has 1 unspecified atom stereocenters. The second-order valence-corrected chi connectivity index (χ2v) is 4.44. The van der Waals surface area contributed by atoms with Crippen molar-refractivity contribution in [2.75, 3.05) is 20.1 Å². The quantitative estimate of drug-likeness (QED) is 0.784. The Morgan fingerprint density at radius 3 is 2.69 bits per heavy atom. The number of alkyl halides is 2. The van der Waals surface area contributed by atoms with Crippen LogP contribution in [0.1, 0.15) is 32.6 Å². The molecule has 1 N–H and O–H groups in total. The molecule has 0 saturated carbocycles. The van der Waals surface area contributed by atoms with E-state index in [0.29, 0.717) is 0 Å². The first-order valence-corrected chi connectivity index (χ1v) is 5.80. The number of rotatable bonds is 5. The van der Waals surface area contributed by atoms with Crippen LogP contribution in [-0.2, 0) is 4.79 Å². The van der Waals surface area contributed by atoms with Crippen molar-refractivity contribution in [2.24, 2.45) is 0 Å². The number of likely N-dealkylation sites (N-methyl/N-ethyl adjacent to an activating group) is 1. The van der Waals surface area contributed by atoms with Gasteiger partial charge in [0.25, 0.3) is 6.43 Å². The Labute approximate surface area is 95.2 Å². The summed E-state index contributed by atoms with van der Waals surface area (Å²) in [5.41, 5.74) is -0.585. The van der Waals surface area contributed by atoms with E-state index >= 15 is 0 Å². The molecule has 1 fully saturated rings. The third-order valence-corrected chi connectivity index (χ3v) is 3.09. The molecular formula is C11H20F2N2O. The smallest absolute Gasteiger partial charge is 0.255 e. The summed E-state index contributed by atoms with van der Waals surface area (Å²) < 4.78 is 24.5. The number of nitrogens with one attached hydrogen (secondary N) is 1. The number of amides is 1. The summed E-state index contributed by atoms with van der Waals surface area (Å²) in [6, 6.07) is 0. The van der Waals surface area contributed by atoms with Gasteiger partial charge in [0.15, 0.2) is 0 Å². The Morgan fingerprint density at radius 1 is 1.56 bits per heavy atom. The lowest BCUT2D eigenvalue weighted by Gasteiger charge is -2.32. The number of nitrogens with zero attached hydrogens (tertiary/aromatic N) is 1. The van der Waals surface area contributed by atoms with E-state index in [9.17, 15) is 13.6 Å². The predicted molar refractivity (Wildman–Crippen MR) is 58.5 cm³/mol. The SMILES string of the molecule is CCCC1(C(=O)N(C)CC(F)F)CCCN1.